The zero-order valence-electron chi connectivity index (χ0n) is 11.5. The molecule has 0 N–H and O–H groups in total. The fourth-order valence-corrected chi connectivity index (χ4v) is 3.37. The van der Waals surface area contributed by atoms with Crippen LogP contribution in [-0.2, 0) is 12.8 Å². The Bertz CT molecular complexity index is 781. The molecule has 0 amide bonds. The van der Waals surface area contributed by atoms with Crippen LogP contribution in [0, 0.1) is 0 Å². The Labute approximate surface area is 113 Å². The van der Waals surface area contributed by atoms with Crippen LogP contribution in [0.4, 0.5) is 0 Å². The highest BCUT2D eigenvalue weighted by Gasteiger charge is 2.19. The molecule has 1 aromatic carbocycles. The summed E-state index contributed by atoms with van der Waals surface area (Å²) in [6.07, 6.45) is 7.62. The Balaban J connectivity index is 2.17. The van der Waals surface area contributed by atoms with Gasteiger partial charge in [0.25, 0.3) is 0 Å². The van der Waals surface area contributed by atoms with Crippen LogP contribution in [0.15, 0.2) is 30.7 Å². The van der Waals surface area contributed by atoms with Gasteiger partial charge < -0.3 is 0 Å². The first-order valence-corrected chi connectivity index (χ1v) is 7.15. The first kappa shape index (κ1) is 11.0. The second-order valence-electron chi connectivity index (χ2n) is 5.90. The number of aromatic nitrogens is 2. The van der Waals surface area contributed by atoms with Crippen molar-refractivity contribution in [2.75, 3.05) is 0 Å². The first-order valence-electron chi connectivity index (χ1n) is 7.15. The topological polar surface area (TPSA) is 17.3 Å². The molecule has 0 aliphatic heterocycles. The fourth-order valence-electron chi connectivity index (χ4n) is 3.37. The maximum atomic E-state index is 4.40. The molecule has 96 valence electrons. The molecular formula is C17H18N2. The standard InChI is InChI=1S/C17H18N2/c1-11(2)12-6-7-16-15(8-12)14-5-3-4-13-9-18-10-19(16)17(13)14/h6-11H,3-5H2,1-2H3. The minimum Gasteiger partial charge on any atom is -0.300 e. The van der Waals surface area contributed by atoms with Crippen molar-refractivity contribution in [2.24, 2.45) is 0 Å². The zero-order chi connectivity index (χ0) is 13.0. The van der Waals surface area contributed by atoms with E-state index < -0.39 is 0 Å². The lowest BCUT2D eigenvalue weighted by molar-refractivity contribution is 0.798. The number of hydrogen-bond donors (Lipinski definition) is 0. The summed E-state index contributed by atoms with van der Waals surface area (Å²) < 4.78 is 2.28. The summed E-state index contributed by atoms with van der Waals surface area (Å²) in [6.45, 7) is 4.52. The minimum absolute atomic E-state index is 0.584. The van der Waals surface area contributed by atoms with E-state index in [0.29, 0.717) is 5.92 Å². The van der Waals surface area contributed by atoms with E-state index in [1.54, 1.807) is 0 Å². The molecule has 2 heterocycles. The Morgan fingerprint density at radius 2 is 2.11 bits per heavy atom. The molecule has 2 nitrogen and oxygen atoms in total. The second kappa shape index (κ2) is 3.83. The molecule has 0 saturated heterocycles. The van der Waals surface area contributed by atoms with Crippen LogP contribution in [0.25, 0.3) is 16.4 Å². The van der Waals surface area contributed by atoms with Gasteiger partial charge in [0.05, 0.1) is 17.4 Å². The average molecular weight is 250 g/mol. The van der Waals surface area contributed by atoms with Crippen LogP contribution in [0.3, 0.4) is 0 Å². The monoisotopic (exact) mass is 250 g/mol. The van der Waals surface area contributed by atoms with E-state index in [1.807, 2.05) is 12.5 Å². The van der Waals surface area contributed by atoms with E-state index in [9.17, 15) is 0 Å². The largest absolute Gasteiger partial charge is 0.300 e. The van der Waals surface area contributed by atoms with Gasteiger partial charge in [0, 0.05) is 11.6 Å². The molecule has 0 fully saturated rings. The van der Waals surface area contributed by atoms with Gasteiger partial charge in [0.1, 0.15) is 0 Å². The summed E-state index contributed by atoms with van der Waals surface area (Å²) in [6, 6.07) is 6.91. The molecule has 1 aliphatic carbocycles. The molecular weight excluding hydrogens is 232 g/mol. The molecule has 0 radical (unpaired) electrons. The summed E-state index contributed by atoms with van der Waals surface area (Å²) in [5.41, 5.74) is 7.09. The van der Waals surface area contributed by atoms with Crippen molar-refractivity contribution in [3.05, 3.63) is 47.4 Å². The fraction of sp³-hybridized carbons (Fsp3) is 0.353. The van der Waals surface area contributed by atoms with Gasteiger partial charge in [-0.1, -0.05) is 19.9 Å². The third-order valence-corrected chi connectivity index (χ3v) is 4.39. The molecule has 0 atom stereocenters. The zero-order valence-corrected chi connectivity index (χ0v) is 11.5. The van der Waals surface area contributed by atoms with Crippen molar-refractivity contribution >= 4 is 16.4 Å². The van der Waals surface area contributed by atoms with Crippen molar-refractivity contribution in [3.63, 3.8) is 0 Å². The highest BCUT2D eigenvalue weighted by molar-refractivity contribution is 5.94. The predicted molar refractivity (Wildman–Crippen MR) is 78.8 cm³/mol. The van der Waals surface area contributed by atoms with Crippen molar-refractivity contribution in [2.45, 2.75) is 39.0 Å². The van der Waals surface area contributed by atoms with Crippen LogP contribution < -0.4 is 0 Å². The van der Waals surface area contributed by atoms with Gasteiger partial charge >= 0.3 is 0 Å². The van der Waals surface area contributed by atoms with Gasteiger partial charge in [-0.3, -0.25) is 4.40 Å². The molecule has 0 saturated carbocycles. The van der Waals surface area contributed by atoms with Crippen LogP contribution in [0.2, 0.25) is 0 Å². The molecule has 0 spiro atoms. The maximum absolute atomic E-state index is 4.40. The van der Waals surface area contributed by atoms with E-state index in [4.69, 9.17) is 0 Å². The Morgan fingerprint density at radius 3 is 2.95 bits per heavy atom. The molecule has 1 aliphatic rings. The SMILES string of the molecule is CC(C)c1ccc2c(c1)c1c3c(cncn32)CCC1. The third kappa shape index (κ3) is 1.46. The average Bonchev–Trinajstić information content (AvgIpc) is 2.76. The van der Waals surface area contributed by atoms with E-state index >= 15 is 0 Å². The van der Waals surface area contributed by atoms with Crippen LogP contribution in [0.5, 0.6) is 0 Å². The molecule has 2 aromatic heterocycles. The van der Waals surface area contributed by atoms with Crippen molar-refractivity contribution < 1.29 is 0 Å². The van der Waals surface area contributed by atoms with Crippen molar-refractivity contribution in [1.29, 1.82) is 0 Å². The van der Waals surface area contributed by atoms with E-state index in [2.05, 4.69) is 41.4 Å². The lowest BCUT2D eigenvalue weighted by Gasteiger charge is -2.12. The Morgan fingerprint density at radius 1 is 1.21 bits per heavy atom. The second-order valence-corrected chi connectivity index (χ2v) is 5.90. The number of hydrogen-bond acceptors (Lipinski definition) is 1. The van der Waals surface area contributed by atoms with Crippen molar-refractivity contribution in [3.8, 4) is 0 Å². The van der Waals surface area contributed by atoms with Gasteiger partial charge in [0.2, 0.25) is 0 Å². The number of nitrogens with zero attached hydrogens (tertiary/aromatic N) is 2. The van der Waals surface area contributed by atoms with E-state index in [-0.39, 0.29) is 0 Å². The lowest BCUT2D eigenvalue weighted by Crippen LogP contribution is -2.02. The van der Waals surface area contributed by atoms with Gasteiger partial charge in [0.15, 0.2) is 0 Å². The van der Waals surface area contributed by atoms with E-state index in [1.165, 1.54) is 46.0 Å². The van der Waals surface area contributed by atoms with Crippen molar-refractivity contribution in [1.82, 2.24) is 9.38 Å². The Hall–Kier alpha value is -1.83. The molecule has 4 rings (SSSR count). The summed E-state index contributed by atoms with van der Waals surface area (Å²) in [5, 5.41) is 1.43. The summed E-state index contributed by atoms with van der Waals surface area (Å²) in [5.74, 6) is 0.584. The predicted octanol–water partition coefficient (Wildman–Crippen LogP) is 4.10. The van der Waals surface area contributed by atoms with Gasteiger partial charge in [-0.05, 0) is 54.0 Å². The molecule has 0 bridgehead atoms. The number of fused-ring (bicyclic) bond motifs is 3. The lowest BCUT2D eigenvalue weighted by atomic mass is 9.94. The number of benzene rings is 1. The minimum atomic E-state index is 0.584. The molecule has 3 aromatic rings. The quantitative estimate of drug-likeness (QED) is 0.635. The smallest absolute Gasteiger partial charge is 0.0995 e. The molecule has 2 heteroatoms. The van der Waals surface area contributed by atoms with Gasteiger partial charge in [-0.15, -0.1) is 0 Å². The normalized spacial score (nSPS) is 14.7. The molecule has 0 unspecified atom stereocenters. The van der Waals surface area contributed by atoms with Gasteiger partial charge in [-0.25, -0.2) is 4.98 Å². The molecule has 19 heavy (non-hydrogen) atoms. The van der Waals surface area contributed by atoms with E-state index in [0.717, 1.165) is 6.42 Å². The van der Waals surface area contributed by atoms with Gasteiger partial charge in [-0.2, -0.15) is 0 Å². The van der Waals surface area contributed by atoms with Crippen LogP contribution in [0.1, 0.15) is 42.9 Å². The Kier molecular flexibility index (Phi) is 2.22. The van der Waals surface area contributed by atoms with Crippen LogP contribution >= 0.6 is 0 Å². The highest BCUT2D eigenvalue weighted by atomic mass is 15.0. The van der Waals surface area contributed by atoms with Crippen LogP contribution in [-0.4, -0.2) is 9.38 Å². The number of rotatable bonds is 1. The highest BCUT2D eigenvalue weighted by Crippen LogP contribution is 2.34. The third-order valence-electron chi connectivity index (χ3n) is 4.39. The number of aryl methyl sites for hydroxylation is 2. The summed E-state index contributed by atoms with van der Waals surface area (Å²) in [7, 11) is 0. The maximum Gasteiger partial charge on any atom is 0.0995 e. The summed E-state index contributed by atoms with van der Waals surface area (Å²) >= 11 is 0. The summed E-state index contributed by atoms with van der Waals surface area (Å²) in [4.78, 5) is 4.40. The first-order chi connectivity index (χ1) is 9.25.